The highest BCUT2D eigenvalue weighted by Crippen LogP contribution is 2.28. The zero-order chi connectivity index (χ0) is 38.4. The fourth-order valence-electron chi connectivity index (χ4n) is 6.96. The molecule has 3 aromatic heterocycles. The molecule has 0 saturated carbocycles. The van der Waals surface area contributed by atoms with Gasteiger partial charge in [0.15, 0.2) is 0 Å². The molecule has 284 valence electrons. The van der Waals surface area contributed by atoms with Crippen molar-refractivity contribution in [3.63, 3.8) is 0 Å². The summed E-state index contributed by atoms with van der Waals surface area (Å²) in [6.07, 6.45) is 4.70. The minimum absolute atomic E-state index is 0.0429. The summed E-state index contributed by atoms with van der Waals surface area (Å²) in [7, 11) is 0. The number of likely N-dealkylation sites (tertiary alicyclic amines) is 1. The molecule has 55 heavy (non-hydrogen) atoms. The third-order valence-electron chi connectivity index (χ3n) is 9.91. The number of nitrogens with one attached hydrogen (secondary N) is 2. The van der Waals surface area contributed by atoms with Crippen LogP contribution in [0, 0.1) is 5.82 Å². The van der Waals surface area contributed by atoms with Gasteiger partial charge in [-0.2, -0.15) is 0 Å². The van der Waals surface area contributed by atoms with Crippen LogP contribution in [-0.2, 0) is 6.54 Å². The third kappa shape index (κ3) is 9.81. The predicted molar refractivity (Wildman–Crippen MR) is 199 cm³/mol. The van der Waals surface area contributed by atoms with Crippen molar-refractivity contribution in [2.75, 3.05) is 31.1 Å². The standard InChI is InChI=1S/C41H39F4N7O3/c42-36-9-7-30(22-35(36)32-8-11-38(48-25-32)55-41(43,44)45)40(54)49-33-12-17-51(18-13-33)26-27-6-10-37(47-23-27)52-19-14-34(15-20-52)50-39(53)29-4-1-3-28(21-29)31-5-2-16-46-24-31/h1-11,16,21-25,33-34H,12-15,17-20,26H2,(H,49,54)(H,50,53). The Morgan fingerprint density at radius 1 is 0.727 bits per heavy atom. The number of amides is 2. The van der Waals surface area contributed by atoms with Crippen molar-refractivity contribution in [1.29, 1.82) is 0 Å². The maximum atomic E-state index is 14.6. The zero-order valence-corrected chi connectivity index (χ0v) is 29.8. The normalized spacial score (nSPS) is 15.7. The predicted octanol–water partition coefficient (Wildman–Crippen LogP) is 7.04. The van der Waals surface area contributed by atoms with Crippen LogP contribution in [0.3, 0.4) is 0 Å². The van der Waals surface area contributed by atoms with Gasteiger partial charge in [0.05, 0.1) is 0 Å². The van der Waals surface area contributed by atoms with E-state index in [1.807, 2.05) is 48.7 Å². The molecule has 2 saturated heterocycles. The fourth-order valence-corrected chi connectivity index (χ4v) is 6.96. The average molecular weight is 754 g/mol. The van der Waals surface area contributed by atoms with Crippen LogP contribution < -0.4 is 20.3 Å². The summed E-state index contributed by atoms with van der Waals surface area (Å²) in [5, 5.41) is 6.24. The zero-order valence-electron chi connectivity index (χ0n) is 29.8. The van der Waals surface area contributed by atoms with Crippen LogP contribution in [0.2, 0.25) is 0 Å². The molecule has 0 spiro atoms. The summed E-state index contributed by atoms with van der Waals surface area (Å²) in [6, 6.07) is 21.7. The highest BCUT2D eigenvalue weighted by atomic mass is 19.4. The van der Waals surface area contributed by atoms with E-state index < -0.39 is 18.1 Å². The van der Waals surface area contributed by atoms with Crippen molar-refractivity contribution in [2.45, 2.75) is 50.7 Å². The summed E-state index contributed by atoms with van der Waals surface area (Å²) in [6.45, 7) is 3.85. The van der Waals surface area contributed by atoms with Gasteiger partial charge in [-0.3, -0.25) is 19.5 Å². The number of alkyl halides is 3. The summed E-state index contributed by atoms with van der Waals surface area (Å²) < 4.78 is 55.9. The van der Waals surface area contributed by atoms with Crippen molar-refractivity contribution >= 4 is 17.6 Å². The Morgan fingerprint density at radius 3 is 2.07 bits per heavy atom. The number of carbonyl (C=O) groups is 2. The van der Waals surface area contributed by atoms with Crippen LogP contribution >= 0.6 is 0 Å². The van der Waals surface area contributed by atoms with Crippen LogP contribution in [0.4, 0.5) is 23.4 Å². The van der Waals surface area contributed by atoms with Gasteiger partial charge in [0.1, 0.15) is 11.6 Å². The molecule has 0 aliphatic carbocycles. The molecule has 10 nitrogen and oxygen atoms in total. The number of benzene rings is 2. The number of carbonyl (C=O) groups excluding carboxylic acids is 2. The molecule has 2 amide bonds. The van der Waals surface area contributed by atoms with Crippen molar-refractivity contribution in [3.05, 3.63) is 126 Å². The SMILES string of the molecule is O=C(NC1CCN(Cc2ccc(N3CCC(NC(=O)c4cccc(-c5cccnc5)c4)CC3)nc2)CC1)c1ccc(F)c(-c2ccc(OC(F)(F)F)nc2)c1. The van der Waals surface area contributed by atoms with Crippen LogP contribution in [-0.4, -0.2) is 76.3 Å². The number of rotatable bonds is 10. The summed E-state index contributed by atoms with van der Waals surface area (Å²) >= 11 is 0. The van der Waals surface area contributed by atoms with E-state index >= 15 is 0 Å². The molecule has 0 radical (unpaired) electrons. The topological polar surface area (TPSA) is 113 Å². The largest absolute Gasteiger partial charge is 0.574 e. The van der Waals surface area contributed by atoms with Crippen LogP contribution in [0.25, 0.3) is 22.3 Å². The van der Waals surface area contributed by atoms with E-state index in [9.17, 15) is 27.2 Å². The molecule has 5 aromatic rings. The van der Waals surface area contributed by atoms with Gasteiger partial charge in [0.2, 0.25) is 5.88 Å². The van der Waals surface area contributed by atoms with Crippen LogP contribution in [0.1, 0.15) is 52.0 Å². The van der Waals surface area contributed by atoms with Gasteiger partial charge < -0.3 is 20.3 Å². The van der Waals surface area contributed by atoms with E-state index in [4.69, 9.17) is 4.98 Å². The van der Waals surface area contributed by atoms with Crippen LogP contribution in [0.5, 0.6) is 5.88 Å². The molecular formula is C41H39F4N7O3. The molecule has 2 N–H and O–H groups in total. The van der Waals surface area contributed by atoms with E-state index in [1.165, 1.54) is 18.2 Å². The molecule has 7 rings (SSSR count). The summed E-state index contributed by atoms with van der Waals surface area (Å²) in [4.78, 5) is 43.2. The van der Waals surface area contributed by atoms with Crippen molar-refractivity contribution in [1.82, 2.24) is 30.5 Å². The lowest BCUT2D eigenvalue weighted by molar-refractivity contribution is -0.276. The maximum absolute atomic E-state index is 14.6. The molecule has 2 aliphatic heterocycles. The van der Waals surface area contributed by atoms with E-state index in [1.54, 1.807) is 12.4 Å². The first-order valence-electron chi connectivity index (χ1n) is 18.1. The van der Waals surface area contributed by atoms with Gasteiger partial charge in [0, 0.05) is 103 Å². The lowest BCUT2D eigenvalue weighted by Gasteiger charge is -2.34. The summed E-state index contributed by atoms with van der Waals surface area (Å²) in [5.74, 6) is -0.827. The van der Waals surface area contributed by atoms with Gasteiger partial charge in [-0.25, -0.2) is 14.4 Å². The van der Waals surface area contributed by atoms with Gasteiger partial charge in [-0.15, -0.1) is 13.2 Å². The number of nitrogens with zero attached hydrogens (tertiary/aromatic N) is 5. The number of ether oxygens (including phenoxy) is 1. The Bertz CT molecular complexity index is 2080. The molecular weight excluding hydrogens is 714 g/mol. The minimum atomic E-state index is -4.89. The van der Waals surface area contributed by atoms with Gasteiger partial charge in [0.25, 0.3) is 11.8 Å². The monoisotopic (exact) mass is 753 g/mol. The third-order valence-corrected chi connectivity index (χ3v) is 9.91. The number of anilines is 1. The molecule has 0 bridgehead atoms. The highest BCUT2D eigenvalue weighted by Gasteiger charge is 2.32. The number of hydrogen-bond acceptors (Lipinski definition) is 8. The highest BCUT2D eigenvalue weighted by molar-refractivity contribution is 5.96. The van der Waals surface area contributed by atoms with E-state index in [2.05, 4.69) is 41.2 Å². The molecule has 14 heteroatoms. The smallest absolute Gasteiger partial charge is 0.388 e. The van der Waals surface area contributed by atoms with Gasteiger partial charge in [-0.05, 0) is 85.3 Å². The lowest BCUT2D eigenvalue weighted by Crippen LogP contribution is -2.45. The Hall–Kier alpha value is -5.89. The average Bonchev–Trinajstić information content (AvgIpc) is 3.19. The van der Waals surface area contributed by atoms with Gasteiger partial charge >= 0.3 is 6.36 Å². The number of pyridine rings is 3. The van der Waals surface area contributed by atoms with E-state index in [0.717, 1.165) is 99.2 Å². The molecule has 2 fully saturated rings. The molecule has 0 atom stereocenters. The second kappa shape index (κ2) is 16.6. The number of hydrogen-bond donors (Lipinski definition) is 2. The quantitative estimate of drug-likeness (QED) is 0.146. The molecule has 2 aliphatic rings. The number of halogens is 4. The number of piperidine rings is 2. The second-order valence-electron chi connectivity index (χ2n) is 13.7. The molecule has 5 heterocycles. The fraction of sp³-hybridized carbons (Fsp3) is 0.293. The molecule has 0 unspecified atom stereocenters. The first kappa shape index (κ1) is 37.4. The van der Waals surface area contributed by atoms with E-state index in [0.29, 0.717) is 5.56 Å². The summed E-state index contributed by atoms with van der Waals surface area (Å²) in [5.41, 5.74) is 4.12. The first-order valence-corrected chi connectivity index (χ1v) is 18.1. The Morgan fingerprint density at radius 2 is 1.44 bits per heavy atom. The Labute approximate surface area is 315 Å². The van der Waals surface area contributed by atoms with E-state index in [-0.39, 0.29) is 40.6 Å². The maximum Gasteiger partial charge on any atom is 0.574 e. The Kier molecular flexibility index (Phi) is 11.3. The van der Waals surface area contributed by atoms with Crippen molar-refractivity contribution < 1.29 is 31.9 Å². The lowest BCUT2D eigenvalue weighted by atomic mass is 10.0. The Balaban J connectivity index is 0.845. The van der Waals surface area contributed by atoms with Gasteiger partial charge in [-0.1, -0.05) is 24.3 Å². The first-order chi connectivity index (χ1) is 26.6. The molecule has 2 aromatic carbocycles. The van der Waals surface area contributed by atoms with Crippen molar-refractivity contribution in [2.24, 2.45) is 0 Å². The number of aromatic nitrogens is 3. The minimum Gasteiger partial charge on any atom is -0.388 e. The van der Waals surface area contributed by atoms with Crippen molar-refractivity contribution in [3.8, 4) is 28.1 Å². The second-order valence-corrected chi connectivity index (χ2v) is 13.7. The van der Waals surface area contributed by atoms with Crippen LogP contribution in [0.15, 0.2) is 104 Å².